The van der Waals surface area contributed by atoms with Crippen LogP contribution in [0.1, 0.15) is 17.4 Å². The molecule has 1 heterocycles. The third-order valence-electron chi connectivity index (χ3n) is 3.57. The summed E-state index contributed by atoms with van der Waals surface area (Å²) in [5.74, 6) is 0. The van der Waals surface area contributed by atoms with E-state index in [-0.39, 0.29) is 6.61 Å². The molecular weight excluding hydrogens is 287 g/mol. The Morgan fingerprint density at radius 3 is 2.32 bits per heavy atom. The molecule has 2 rings (SSSR count). The Morgan fingerprint density at radius 1 is 1.18 bits per heavy atom. The number of nitrogens with zero attached hydrogens (tertiary/aromatic N) is 1. The quantitative estimate of drug-likeness (QED) is 0.556. The molecule has 1 aromatic carbocycles. The van der Waals surface area contributed by atoms with E-state index >= 15 is 0 Å². The molecule has 2 aromatic rings. The van der Waals surface area contributed by atoms with E-state index in [4.69, 9.17) is 15.6 Å². The van der Waals surface area contributed by atoms with Gasteiger partial charge in [-0.3, -0.25) is 5.21 Å². The van der Waals surface area contributed by atoms with Crippen molar-refractivity contribution in [3.05, 3.63) is 53.9 Å². The molecule has 2 unspecified atom stereocenters. The Morgan fingerprint density at radius 2 is 1.82 bits per heavy atom. The molecule has 0 amide bonds. The average molecular weight is 307 g/mol. The normalized spacial score (nSPS) is 13.8. The first kappa shape index (κ1) is 16.4. The molecule has 0 bridgehead atoms. The zero-order valence-electron chi connectivity index (χ0n) is 12.3. The van der Waals surface area contributed by atoms with Crippen molar-refractivity contribution in [2.45, 2.75) is 18.8 Å². The maximum absolute atomic E-state index is 12.7. The molecule has 0 aliphatic carbocycles. The molecule has 22 heavy (non-hydrogen) atoms. The van der Waals surface area contributed by atoms with E-state index in [2.05, 4.69) is 0 Å². The summed E-state index contributed by atoms with van der Waals surface area (Å²) < 4.78 is 18.8. The van der Waals surface area contributed by atoms with E-state index in [1.807, 2.05) is 24.3 Å². The predicted molar refractivity (Wildman–Crippen MR) is 78.9 cm³/mol. The predicted octanol–water partition coefficient (Wildman–Crippen LogP) is 1.35. The van der Waals surface area contributed by atoms with Crippen molar-refractivity contribution in [2.75, 3.05) is 13.8 Å². The number of aromatic nitrogens is 1. The number of pyridine rings is 1. The Hall–Kier alpha value is -2.02. The number of aliphatic hydroxyl groups excluding tert-OH is 1. The Bertz CT molecular complexity index is 619. The maximum Gasteiger partial charge on any atom is 0.259 e. The lowest BCUT2D eigenvalue weighted by atomic mass is 9.99. The highest BCUT2D eigenvalue weighted by atomic mass is 19.1. The first-order valence-electron chi connectivity index (χ1n) is 6.90. The number of halogens is 1. The van der Waals surface area contributed by atoms with Gasteiger partial charge in [-0.2, -0.15) is 0 Å². The molecule has 0 fully saturated rings. The van der Waals surface area contributed by atoms with Crippen LogP contribution in [0, 0.1) is 0 Å². The van der Waals surface area contributed by atoms with Gasteiger partial charge >= 0.3 is 0 Å². The highest BCUT2D eigenvalue weighted by molar-refractivity contribution is 5.62. The van der Waals surface area contributed by atoms with E-state index in [0.717, 1.165) is 21.4 Å². The zero-order valence-corrected chi connectivity index (χ0v) is 12.3. The SMILES string of the molecule is COC(c1ccc(-c2ccc(CO)[n+](O)c2)cc1)C(N)CF. The molecule has 2 atom stereocenters. The number of hydrogen-bond donors (Lipinski definition) is 3. The summed E-state index contributed by atoms with van der Waals surface area (Å²) in [6, 6.07) is 10.1. The van der Waals surface area contributed by atoms with Crippen LogP contribution in [0.3, 0.4) is 0 Å². The van der Waals surface area contributed by atoms with Crippen LogP contribution in [0.25, 0.3) is 11.1 Å². The molecule has 0 saturated heterocycles. The number of hydrogen-bond acceptors (Lipinski definition) is 4. The summed E-state index contributed by atoms with van der Waals surface area (Å²) >= 11 is 0. The Kier molecular flexibility index (Phi) is 5.43. The minimum atomic E-state index is -0.709. The van der Waals surface area contributed by atoms with Crippen molar-refractivity contribution in [1.82, 2.24) is 0 Å². The minimum absolute atomic E-state index is 0.244. The van der Waals surface area contributed by atoms with E-state index in [1.54, 1.807) is 12.1 Å². The molecular formula is C16H20FN2O3+. The average Bonchev–Trinajstić information content (AvgIpc) is 2.56. The number of rotatable bonds is 6. The van der Waals surface area contributed by atoms with Crippen molar-refractivity contribution in [1.29, 1.82) is 0 Å². The molecule has 118 valence electrons. The van der Waals surface area contributed by atoms with Crippen LogP contribution in [0.5, 0.6) is 0 Å². The lowest BCUT2D eigenvalue weighted by molar-refractivity contribution is -0.910. The third-order valence-corrected chi connectivity index (χ3v) is 3.57. The van der Waals surface area contributed by atoms with Crippen LogP contribution in [-0.4, -0.2) is 30.1 Å². The standard InChI is InChI=1S/C16H20FN2O3/c1-22-16(15(18)8-17)12-4-2-11(3-5-12)13-6-7-14(10-20)19(21)9-13/h2-7,9,15-16,20-21H,8,10,18H2,1H3/q+1. The van der Waals surface area contributed by atoms with Gasteiger partial charge in [-0.05, 0) is 17.2 Å². The third kappa shape index (κ3) is 3.41. The zero-order chi connectivity index (χ0) is 16.1. The minimum Gasteiger partial charge on any atom is -0.385 e. The van der Waals surface area contributed by atoms with Crippen LogP contribution in [0.2, 0.25) is 0 Å². The second kappa shape index (κ2) is 7.31. The fourth-order valence-electron chi connectivity index (χ4n) is 2.32. The fourth-order valence-corrected chi connectivity index (χ4v) is 2.32. The van der Waals surface area contributed by atoms with Crippen molar-refractivity contribution in [3.8, 4) is 11.1 Å². The summed E-state index contributed by atoms with van der Waals surface area (Å²) in [7, 11) is 1.50. The number of aliphatic hydroxyl groups is 1. The van der Waals surface area contributed by atoms with Crippen LogP contribution >= 0.6 is 0 Å². The molecule has 0 aliphatic heterocycles. The van der Waals surface area contributed by atoms with Crippen molar-refractivity contribution in [2.24, 2.45) is 5.73 Å². The summed E-state index contributed by atoms with van der Waals surface area (Å²) in [5.41, 5.74) is 8.55. The van der Waals surface area contributed by atoms with Crippen molar-refractivity contribution in [3.63, 3.8) is 0 Å². The van der Waals surface area contributed by atoms with Gasteiger partial charge in [0, 0.05) is 17.9 Å². The van der Waals surface area contributed by atoms with Gasteiger partial charge < -0.3 is 15.6 Å². The van der Waals surface area contributed by atoms with Crippen LogP contribution in [-0.2, 0) is 11.3 Å². The number of alkyl halides is 1. The second-order valence-electron chi connectivity index (χ2n) is 5.01. The lowest BCUT2D eigenvalue weighted by Gasteiger charge is -2.20. The molecule has 0 aliphatic rings. The maximum atomic E-state index is 12.7. The number of ether oxygens (including phenoxy) is 1. The van der Waals surface area contributed by atoms with E-state index in [0.29, 0.717) is 5.69 Å². The highest BCUT2D eigenvalue weighted by Gasteiger charge is 2.19. The van der Waals surface area contributed by atoms with Gasteiger partial charge in [-0.15, -0.1) is 0 Å². The van der Waals surface area contributed by atoms with E-state index in [1.165, 1.54) is 13.3 Å². The van der Waals surface area contributed by atoms with E-state index < -0.39 is 18.8 Å². The Labute approximate surface area is 128 Å². The number of nitrogens with two attached hydrogens (primary N) is 1. The number of methoxy groups -OCH3 is 1. The molecule has 0 radical (unpaired) electrons. The molecule has 0 saturated carbocycles. The van der Waals surface area contributed by atoms with Gasteiger partial charge in [-0.25, -0.2) is 4.39 Å². The Balaban J connectivity index is 2.26. The monoisotopic (exact) mass is 307 g/mol. The molecule has 0 spiro atoms. The smallest absolute Gasteiger partial charge is 0.259 e. The van der Waals surface area contributed by atoms with Gasteiger partial charge in [0.2, 0.25) is 6.20 Å². The fraction of sp³-hybridized carbons (Fsp3) is 0.312. The largest absolute Gasteiger partial charge is 0.385 e. The summed E-state index contributed by atoms with van der Waals surface area (Å²) in [6.45, 7) is -0.903. The lowest BCUT2D eigenvalue weighted by Crippen LogP contribution is -2.34. The summed E-state index contributed by atoms with van der Waals surface area (Å²) in [4.78, 5) is 0. The molecule has 4 N–H and O–H groups in total. The molecule has 5 nitrogen and oxygen atoms in total. The van der Waals surface area contributed by atoms with Crippen molar-refractivity contribution < 1.29 is 24.2 Å². The van der Waals surface area contributed by atoms with Crippen LogP contribution in [0.4, 0.5) is 4.39 Å². The van der Waals surface area contributed by atoms with Gasteiger partial charge in [0.25, 0.3) is 5.69 Å². The van der Waals surface area contributed by atoms with Crippen molar-refractivity contribution >= 4 is 0 Å². The van der Waals surface area contributed by atoms with Crippen LogP contribution < -0.4 is 10.5 Å². The highest BCUT2D eigenvalue weighted by Crippen LogP contribution is 2.24. The van der Waals surface area contributed by atoms with Crippen LogP contribution in [0.15, 0.2) is 42.6 Å². The molecule has 1 aromatic heterocycles. The van der Waals surface area contributed by atoms with Gasteiger partial charge in [0.15, 0.2) is 0 Å². The topological polar surface area (TPSA) is 79.6 Å². The first-order valence-corrected chi connectivity index (χ1v) is 6.90. The summed E-state index contributed by atoms with van der Waals surface area (Å²) in [5, 5.41) is 18.8. The molecule has 6 heteroatoms. The number of benzene rings is 1. The summed E-state index contributed by atoms with van der Waals surface area (Å²) in [6.07, 6.45) is 1.01. The van der Waals surface area contributed by atoms with Gasteiger partial charge in [-0.1, -0.05) is 24.3 Å². The van der Waals surface area contributed by atoms with E-state index in [9.17, 15) is 9.60 Å². The second-order valence-corrected chi connectivity index (χ2v) is 5.01. The first-order chi connectivity index (χ1) is 10.6. The van der Waals surface area contributed by atoms with Gasteiger partial charge in [0.05, 0.1) is 17.7 Å². The van der Waals surface area contributed by atoms with Gasteiger partial charge in [0.1, 0.15) is 13.3 Å².